The molecule has 0 unspecified atom stereocenters. The van der Waals surface area contributed by atoms with Crippen molar-refractivity contribution in [3.05, 3.63) is 12.2 Å². The number of nitrogens with two attached hydrogens (primary N) is 1. The molecule has 3 N–H and O–H groups in total. The highest BCUT2D eigenvalue weighted by molar-refractivity contribution is 5.66. The third kappa shape index (κ3) is 44.4. The van der Waals surface area contributed by atoms with Crippen LogP contribution in [0.1, 0.15) is 201 Å². The van der Waals surface area contributed by atoms with Crippen LogP contribution in [0.2, 0.25) is 0 Å². The van der Waals surface area contributed by atoms with E-state index in [1.165, 1.54) is 161 Å². The Morgan fingerprint density at radius 3 is 1.31 bits per heavy atom. The molecular formula is C36H73NO2. The van der Waals surface area contributed by atoms with E-state index in [1.54, 1.807) is 0 Å². The molecule has 234 valence electrons. The number of carboxylic acids is 1. The molecule has 0 aliphatic heterocycles. The van der Waals surface area contributed by atoms with Crippen LogP contribution in [0.3, 0.4) is 0 Å². The second-order valence-corrected chi connectivity index (χ2v) is 12.3. The Balaban J connectivity index is 0. The molecule has 0 saturated carbocycles. The van der Waals surface area contributed by atoms with Crippen LogP contribution in [-0.4, -0.2) is 17.6 Å². The van der Waals surface area contributed by atoms with E-state index in [4.69, 9.17) is 10.8 Å². The summed E-state index contributed by atoms with van der Waals surface area (Å²) in [4.78, 5) is 10.3. The van der Waals surface area contributed by atoms with Gasteiger partial charge in [-0.1, -0.05) is 168 Å². The Bertz CT molecular complexity index is 475. The molecule has 0 aromatic heterocycles. The number of carboxylic acid groups (broad SMARTS) is 1. The summed E-state index contributed by atoms with van der Waals surface area (Å²) >= 11 is 0. The molecule has 3 heteroatoms. The van der Waals surface area contributed by atoms with Gasteiger partial charge >= 0.3 is 5.97 Å². The van der Waals surface area contributed by atoms with Crippen LogP contribution < -0.4 is 5.73 Å². The highest BCUT2D eigenvalue weighted by Crippen LogP contribution is 2.14. The van der Waals surface area contributed by atoms with E-state index >= 15 is 0 Å². The maximum atomic E-state index is 10.3. The zero-order valence-electron chi connectivity index (χ0n) is 27.2. The SMILES string of the molecule is CC(C)CCCCCCCCCCCCCCCN.CCCCCCCCC=CCCCCCCCC(=O)O. The van der Waals surface area contributed by atoms with Crippen LogP contribution in [0.5, 0.6) is 0 Å². The number of hydrogen-bond acceptors (Lipinski definition) is 2. The normalized spacial score (nSPS) is 11.3. The molecule has 0 aliphatic rings. The molecule has 0 spiro atoms. The molecule has 0 rings (SSSR count). The summed E-state index contributed by atoms with van der Waals surface area (Å²) in [5, 5.41) is 8.51. The molecule has 3 nitrogen and oxygen atoms in total. The molecular weight excluding hydrogens is 478 g/mol. The lowest BCUT2D eigenvalue weighted by atomic mass is 10.0. The van der Waals surface area contributed by atoms with Crippen LogP contribution in [0.15, 0.2) is 12.2 Å². The van der Waals surface area contributed by atoms with Crippen LogP contribution in [0, 0.1) is 5.92 Å². The zero-order chi connectivity index (χ0) is 29.1. The predicted octanol–water partition coefficient (Wildman–Crippen LogP) is 12.2. The van der Waals surface area contributed by atoms with Crippen LogP contribution >= 0.6 is 0 Å². The van der Waals surface area contributed by atoms with Gasteiger partial charge in [0, 0.05) is 6.42 Å². The molecule has 0 bridgehead atoms. The van der Waals surface area contributed by atoms with Gasteiger partial charge < -0.3 is 10.8 Å². The number of rotatable bonds is 30. The summed E-state index contributed by atoms with van der Waals surface area (Å²) < 4.78 is 0. The first-order valence-electron chi connectivity index (χ1n) is 17.6. The average molecular weight is 552 g/mol. The molecule has 0 radical (unpaired) electrons. The number of unbranched alkanes of at least 4 members (excludes halogenated alkanes) is 23. The Labute approximate surface area is 246 Å². The molecule has 0 saturated heterocycles. The van der Waals surface area contributed by atoms with Crippen molar-refractivity contribution in [2.75, 3.05) is 6.54 Å². The van der Waals surface area contributed by atoms with Gasteiger partial charge in [0.15, 0.2) is 0 Å². The highest BCUT2D eigenvalue weighted by Gasteiger charge is 1.97. The lowest BCUT2D eigenvalue weighted by Crippen LogP contribution is -1.97. The molecule has 0 aliphatic carbocycles. The first kappa shape index (κ1) is 40.3. The summed E-state index contributed by atoms with van der Waals surface area (Å²) in [6.45, 7) is 7.79. The maximum Gasteiger partial charge on any atom is 0.303 e. The predicted molar refractivity (Wildman–Crippen MR) is 176 cm³/mol. The second-order valence-electron chi connectivity index (χ2n) is 12.3. The van der Waals surface area contributed by atoms with Crippen LogP contribution in [-0.2, 0) is 4.79 Å². The quantitative estimate of drug-likeness (QED) is 0.0689. The molecule has 0 heterocycles. The molecule has 39 heavy (non-hydrogen) atoms. The maximum absolute atomic E-state index is 10.3. The second kappa shape index (κ2) is 37.2. The van der Waals surface area contributed by atoms with Crippen LogP contribution in [0.4, 0.5) is 0 Å². The van der Waals surface area contributed by atoms with E-state index in [-0.39, 0.29) is 0 Å². The monoisotopic (exact) mass is 552 g/mol. The number of hydrogen-bond donors (Lipinski definition) is 2. The van der Waals surface area contributed by atoms with Gasteiger partial charge in [-0.25, -0.2) is 0 Å². The lowest BCUT2D eigenvalue weighted by molar-refractivity contribution is -0.137. The van der Waals surface area contributed by atoms with E-state index < -0.39 is 5.97 Å². The number of allylic oxidation sites excluding steroid dienone is 2. The largest absolute Gasteiger partial charge is 0.481 e. The minimum atomic E-state index is -0.664. The summed E-state index contributed by atoms with van der Waals surface area (Å²) in [6, 6.07) is 0. The summed E-state index contributed by atoms with van der Waals surface area (Å²) in [5.41, 5.74) is 5.48. The Hall–Kier alpha value is -0.830. The topological polar surface area (TPSA) is 63.3 Å². The van der Waals surface area contributed by atoms with Gasteiger partial charge in [-0.2, -0.15) is 0 Å². The number of carbonyl (C=O) groups is 1. The van der Waals surface area contributed by atoms with Crippen molar-refractivity contribution in [3.63, 3.8) is 0 Å². The molecule has 0 atom stereocenters. The van der Waals surface area contributed by atoms with Gasteiger partial charge in [-0.15, -0.1) is 0 Å². The minimum absolute atomic E-state index is 0.332. The Morgan fingerprint density at radius 1 is 0.564 bits per heavy atom. The minimum Gasteiger partial charge on any atom is -0.481 e. The van der Waals surface area contributed by atoms with Crippen LogP contribution in [0.25, 0.3) is 0 Å². The van der Waals surface area contributed by atoms with Crippen molar-refractivity contribution in [2.45, 2.75) is 201 Å². The summed E-state index contributed by atoms with van der Waals surface area (Å²) in [7, 11) is 0. The fourth-order valence-electron chi connectivity index (χ4n) is 4.99. The van der Waals surface area contributed by atoms with Crippen molar-refractivity contribution in [3.8, 4) is 0 Å². The third-order valence-electron chi connectivity index (χ3n) is 7.64. The van der Waals surface area contributed by atoms with E-state index in [9.17, 15) is 4.79 Å². The van der Waals surface area contributed by atoms with E-state index in [1.807, 2.05) is 0 Å². The van der Waals surface area contributed by atoms with Gasteiger partial charge in [-0.05, 0) is 51.0 Å². The van der Waals surface area contributed by atoms with Crippen molar-refractivity contribution < 1.29 is 9.90 Å². The standard InChI is InChI=1S/C18H39N.C18H34O2/c1-18(2)16-14-12-10-8-6-4-3-5-7-9-11-13-15-17-19;1-2-3-4-5-6-7-8-9-10-11-12-13-14-15-16-17-18(19)20/h18H,3-17,19H2,1-2H3;9-10H,2-8,11-17H2,1H3,(H,19,20). The van der Waals surface area contributed by atoms with Gasteiger partial charge in [0.05, 0.1) is 0 Å². The van der Waals surface area contributed by atoms with E-state index in [0.29, 0.717) is 6.42 Å². The Morgan fingerprint density at radius 2 is 0.923 bits per heavy atom. The van der Waals surface area contributed by atoms with Crippen molar-refractivity contribution in [1.82, 2.24) is 0 Å². The number of aliphatic carboxylic acids is 1. The Kier molecular flexibility index (Phi) is 38.4. The molecule has 0 aromatic carbocycles. The van der Waals surface area contributed by atoms with Gasteiger partial charge in [0.2, 0.25) is 0 Å². The highest BCUT2D eigenvalue weighted by atomic mass is 16.4. The summed E-state index contributed by atoms with van der Waals surface area (Å²) in [5.74, 6) is 0.229. The summed E-state index contributed by atoms with van der Waals surface area (Å²) in [6.07, 6.45) is 41.2. The third-order valence-corrected chi connectivity index (χ3v) is 7.64. The lowest BCUT2D eigenvalue weighted by Gasteiger charge is -2.04. The molecule has 0 fully saturated rings. The van der Waals surface area contributed by atoms with Crippen molar-refractivity contribution >= 4 is 5.97 Å². The molecule has 0 aromatic rings. The smallest absolute Gasteiger partial charge is 0.303 e. The van der Waals surface area contributed by atoms with Crippen molar-refractivity contribution in [1.29, 1.82) is 0 Å². The van der Waals surface area contributed by atoms with E-state index in [0.717, 1.165) is 25.3 Å². The first-order valence-corrected chi connectivity index (χ1v) is 17.6. The van der Waals surface area contributed by atoms with Crippen molar-refractivity contribution in [2.24, 2.45) is 11.7 Å². The van der Waals surface area contributed by atoms with Gasteiger partial charge in [0.25, 0.3) is 0 Å². The van der Waals surface area contributed by atoms with E-state index in [2.05, 4.69) is 32.9 Å². The van der Waals surface area contributed by atoms with Gasteiger partial charge in [-0.3, -0.25) is 4.79 Å². The molecule has 0 amide bonds. The zero-order valence-corrected chi connectivity index (χ0v) is 27.2. The first-order chi connectivity index (χ1) is 19.0. The van der Waals surface area contributed by atoms with Gasteiger partial charge in [0.1, 0.15) is 0 Å². The fraction of sp³-hybridized carbons (Fsp3) is 0.917. The fourth-order valence-corrected chi connectivity index (χ4v) is 4.99. The average Bonchev–Trinajstić information content (AvgIpc) is 2.91.